The van der Waals surface area contributed by atoms with Gasteiger partial charge in [-0.1, -0.05) is 6.07 Å². The highest BCUT2D eigenvalue weighted by molar-refractivity contribution is 7.13. The number of aromatic nitrogens is 6. The summed E-state index contributed by atoms with van der Waals surface area (Å²) < 4.78 is 42.8. The van der Waals surface area contributed by atoms with Crippen LogP contribution in [0.3, 0.4) is 0 Å². The number of benzene rings is 1. The molecule has 0 spiro atoms. The average Bonchev–Trinajstić information content (AvgIpc) is 3.20. The molecule has 12 heteroatoms. The summed E-state index contributed by atoms with van der Waals surface area (Å²) in [6.07, 6.45) is 2.67. The maximum Gasteiger partial charge on any atom is 0.408 e. The molecule has 0 bridgehead atoms. The Balaban J connectivity index is 1.33. The Morgan fingerprint density at radius 3 is 2.69 bits per heavy atom. The van der Waals surface area contributed by atoms with Crippen molar-refractivity contribution < 1.29 is 18.0 Å². The molecule has 1 fully saturated rings. The quantitative estimate of drug-likeness (QED) is 0.353. The topological polar surface area (TPSA) is 81.7 Å². The number of hydrogen-bond acceptors (Lipinski definition) is 6. The lowest BCUT2D eigenvalue weighted by molar-refractivity contribution is -0.162. The number of fused-ring (bicyclic) bond motifs is 1. The number of alkyl halides is 3. The van der Waals surface area contributed by atoms with Crippen LogP contribution in [0, 0.1) is 0 Å². The number of hydrogen-bond donors (Lipinski definition) is 0. The van der Waals surface area contributed by atoms with Crippen LogP contribution >= 0.6 is 11.3 Å². The van der Waals surface area contributed by atoms with Crippen LogP contribution < -0.4 is 4.90 Å². The number of thiazole rings is 1. The molecule has 0 N–H and O–H groups in total. The van der Waals surface area contributed by atoms with Gasteiger partial charge in [0.2, 0.25) is 0 Å². The first-order valence-corrected chi connectivity index (χ1v) is 12.4. The largest absolute Gasteiger partial charge is 0.408 e. The molecule has 186 valence electrons. The van der Waals surface area contributed by atoms with Crippen LogP contribution in [-0.2, 0) is 5.54 Å². The first-order chi connectivity index (χ1) is 17.1. The molecule has 0 saturated heterocycles. The Hall–Kier alpha value is -3.54. The van der Waals surface area contributed by atoms with Crippen LogP contribution in [-0.4, -0.2) is 41.4 Å². The fourth-order valence-electron chi connectivity index (χ4n) is 4.67. The highest BCUT2D eigenvalue weighted by atomic mass is 32.1. The van der Waals surface area contributed by atoms with Gasteiger partial charge in [0.05, 0.1) is 17.6 Å². The maximum absolute atomic E-state index is 13.6. The second-order valence-electron chi connectivity index (χ2n) is 9.70. The minimum atomic E-state index is -4.46. The third-order valence-electron chi connectivity index (χ3n) is 6.93. The zero-order valence-corrected chi connectivity index (χ0v) is 20.5. The van der Waals surface area contributed by atoms with Crippen molar-refractivity contribution >= 4 is 23.1 Å². The molecule has 1 unspecified atom stereocenters. The summed E-state index contributed by atoms with van der Waals surface area (Å²) in [5.74, 6) is 0.671. The molecule has 1 saturated carbocycles. The summed E-state index contributed by atoms with van der Waals surface area (Å²) in [5.41, 5.74) is 2.60. The summed E-state index contributed by atoms with van der Waals surface area (Å²) in [7, 11) is 0. The number of rotatable bonds is 5. The number of carbonyl (C=O) groups is 1. The fraction of sp³-hybridized carbons (Fsp3) is 0.375. The summed E-state index contributed by atoms with van der Waals surface area (Å²) in [6, 6.07) is 3.94. The second kappa shape index (κ2) is 7.73. The Kier molecular flexibility index (Phi) is 4.91. The number of imidazole rings is 1. The summed E-state index contributed by atoms with van der Waals surface area (Å²) >= 11 is 1.12. The van der Waals surface area contributed by atoms with Crippen molar-refractivity contribution in [2.45, 2.75) is 57.3 Å². The molecule has 2 aliphatic rings. The van der Waals surface area contributed by atoms with Gasteiger partial charge in [-0.2, -0.15) is 13.2 Å². The van der Waals surface area contributed by atoms with Gasteiger partial charge >= 0.3 is 6.18 Å². The predicted molar refractivity (Wildman–Crippen MR) is 127 cm³/mol. The minimum absolute atomic E-state index is 0.00639. The molecule has 4 heterocycles. The van der Waals surface area contributed by atoms with Crippen LogP contribution in [0.25, 0.3) is 16.5 Å². The van der Waals surface area contributed by atoms with E-state index in [4.69, 9.17) is 0 Å². The highest BCUT2D eigenvalue weighted by Crippen LogP contribution is 2.44. The molecular weight excluding hydrogens is 491 g/mol. The van der Waals surface area contributed by atoms with Crippen molar-refractivity contribution in [2.75, 3.05) is 4.90 Å². The number of carbonyl (C=O) groups excluding carboxylic acids is 1. The summed E-state index contributed by atoms with van der Waals surface area (Å²) in [6.45, 7) is 4.88. The molecule has 1 aliphatic heterocycles. The van der Waals surface area contributed by atoms with E-state index in [0.717, 1.165) is 58.9 Å². The van der Waals surface area contributed by atoms with Gasteiger partial charge in [0.15, 0.2) is 10.8 Å². The molecule has 6 rings (SSSR count). The van der Waals surface area contributed by atoms with Crippen LogP contribution in [0.4, 0.5) is 19.0 Å². The normalized spacial score (nSPS) is 18.1. The third-order valence-corrected chi connectivity index (χ3v) is 7.75. The van der Waals surface area contributed by atoms with Gasteiger partial charge < -0.3 is 4.57 Å². The first kappa shape index (κ1) is 22.9. The summed E-state index contributed by atoms with van der Waals surface area (Å²) in [5, 5.41) is 9.45. The van der Waals surface area contributed by atoms with Crippen molar-refractivity contribution in [3.8, 4) is 16.5 Å². The SMILES string of the molecule is CC(n1cnnc1-c1nc(N2C(=O)c3cc(-n4cnc(C5CC5)c4)ccc3C2(C)C)cs1)C(F)(F)F. The number of nitrogens with zero attached hydrogens (tertiary/aromatic N) is 7. The smallest absolute Gasteiger partial charge is 0.306 e. The van der Waals surface area contributed by atoms with Gasteiger partial charge in [0, 0.05) is 28.7 Å². The van der Waals surface area contributed by atoms with E-state index in [1.54, 1.807) is 16.6 Å². The Labute approximate surface area is 208 Å². The van der Waals surface area contributed by atoms with E-state index in [1.807, 2.05) is 42.8 Å². The van der Waals surface area contributed by atoms with E-state index in [-0.39, 0.29) is 16.7 Å². The molecule has 1 atom stereocenters. The molecule has 3 aromatic heterocycles. The molecule has 36 heavy (non-hydrogen) atoms. The lowest BCUT2D eigenvalue weighted by Gasteiger charge is -2.30. The average molecular weight is 514 g/mol. The standard InChI is InChI=1S/C24H22F3N7OS/c1-13(24(25,26)27)33-12-29-31-20(33)21-30-19(10-36-21)34-22(35)16-8-15(6-7-17(16)23(34,2)3)32-9-18(28-11-32)14-4-5-14/h6-14H,4-5H2,1-3H3. The van der Waals surface area contributed by atoms with Crippen molar-refractivity contribution in [2.24, 2.45) is 0 Å². The summed E-state index contributed by atoms with van der Waals surface area (Å²) in [4.78, 5) is 24.2. The van der Waals surface area contributed by atoms with E-state index >= 15 is 0 Å². The molecule has 1 amide bonds. The number of amides is 1. The van der Waals surface area contributed by atoms with Gasteiger partial charge in [-0.05, 0) is 51.3 Å². The third kappa shape index (κ3) is 3.54. The second-order valence-corrected chi connectivity index (χ2v) is 10.6. The van der Waals surface area contributed by atoms with Crippen molar-refractivity contribution in [1.82, 2.24) is 29.3 Å². The van der Waals surface area contributed by atoms with Crippen molar-refractivity contribution in [1.29, 1.82) is 0 Å². The molecular formula is C24H22F3N7OS. The Morgan fingerprint density at radius 1 is 1.19 bits per heavy atom. The number of halogens is 3. The van der Waals surface area contributed by atoms with Crippen molar-refractivity contribution in [3.63, 3.8) is 0 Å². The van der Waals surface area contributed by atoms with Crippen LogP contribution in [0.5, 0.6) is 0 Å². The van der Waals surface area contributed by atoms with E-state index in [1.165, 1.54) is 0 Å². The maximum atomic E-state index is 13.6. The van der Waals surface area contributed by atoms with Crippen molar-refractivity contribution in [3.05, 3.63) is 59.3 Å². The van der Waals surface area contributed by atoms with Gasteiger partial charge in [-0.15, -0.1) is 21.5 Å². The molecule has 1 aromatic carbocycles. The molecule has 4 aromatic rings. The Morgan fingerprint density at radius 2 is 1.97 bits per heavy atom. The van der Waals surface area contributed by atoms with E-state index in [2.05, 4.69) is 20.2 Å². The predicted octanol–water partition coefficient (Wildman–Crippen LogP) is 5.48. The molecule has 8 nitrogen and oxygen atoms in total. The monoisotopic (exact) mass is 513 g/mol. The van der Waals surface area contributed by atoms with E-state index in [0.29, 0.717) is 17.3 Å². The van der Waals surface area contributed by atoms with Crippen LogP contribution in [0.15, 0.2) is 42.4 Å². The van der Waals surface area contributed by atoms with Crippen LogP contribution in [0.2, 0.25) is 0 Å². The van der Waals surface area contributed by atoms with E-state index in [9.17, 15) is 18.0 Å². The Bertz CT molecular complexity index is 1480. The lowest BCUT2D eigenvalue weighted by Crippen LogP contribution is -2.39. The zero-order chi connectivity index (χ0) is 25.4. The zero-order valence-electron chi connectivity index (χ0n) is 19.7. The van der Waals surface area contributed by atoms with Gasteiger partial charge in [-0.25, -0.2) is 9.97 Å². The lowest BCUT2D eigenvalue weighted by atomic mass is 9.93. The first-order valence-electron chi connectivity index (χ1n) is 11.5. The fourth-order valence-corrected chi connectivity index (χ4v) is 5.44. The molecule has 1 aliphatic carbocycles. The van der Waals surface area contributed by atoms with Gasteiger partial charge in [-0.3, -0.25) is 14.3 Å². The number of anilines is 1. The molecule has 0 radical (unpaired) electrons. The van der Waals surface area contributed by atoms with E-state index < -0.39 is 17.8 Å². The minimum Gasteiger partial charge on any atom is -0.306 e. The van der Waals surface area contributed by atoms with Gasteiger partial charge in [0.1, 0.15) is 18.2 Å². The van der Waals surface area contributed by atoms with Gasteiger partial charge in [0.25, 0.3) is 5.91 Å². The van der Waals surface area contributed by atoms with Crippen LogP contribution in [0.1, 0.15) is 67.2 Å². The highest BCUT2D eigenvalue weighted by Gasteiger charge is 2.45.